The predicted octanol–water partition coefficient (Wildman–Crippen LogP) is 12.0. The average molecular weight is 752 g/mol. The van der Waals surface area contributed by atoms with E-state index in [1.807, 2.05) is 42.5 Å². The van der Waals surface area contributed by atoms with Crippen LogP contribution in [0.5, 0.6) is 0 Å². The lowest BCUT2D eigenvalue weighted by Crippen LogP contribution is -2.49. The summed E-state index contributed by atoms with van der Waals surface area (Å²) in [4.78, 5) is 1.14. The largest absolute Gasteiger partial charge is 0.399 e. The van der Waals surface area contributed by atoms with Crippen LogP contribution in [-0.4, -0.2) is 0 Å². The van der Waals surface area contributed by atoms with Gasteiger partial charge in [0.25, 0.3) is 0 Å². The summed E-state index contributed by atoms with van der Waals surface area (Å²) in [5.41, 5.74) is 15.3. The molecule has 7 rings (SSSR count). The summed E-state index contributed by atoms with van der Waals surface area (Å²) >= 11 is 1.71. The van der Waals surface area contributed by atoms with Crippen LogP contribution in [0.2, 0.25) is 0 Å². The molecule has 1 aliphatic heterocycles. The van der Waals surface area contributed by atoms with Crippen molar-refractivity contribution in [2.45, 2.75) is 53.4 Å². The molecule has 0 aliphatic carbocycles. The maximum atomic E-state index is 5.77. The number of rotatable bonds is 8. The Labute approximate surface area is 340 Å². The fraction of sp³-hybridized carbons (Fsp3) is 0.148. The fourth-order valence-corrected chi connectivity index (χ4v) is 7.60. The van der Waals surface area contributed by atoms with Gasteiger partial charge in [0.2, 0.25) is 0 Å². The Morgan fingerprint density at radius 3 is 1.95 bits per heavy atom. The van der Waals surface area contributed by atoms with Gasteiger partial charge in [-0.15, -0.1) is 13.2 Å². The first kappa shape index (κ1) is 42.9. The molecule has 1 aliphatic rings. The Balaban J connectivity index is 0.000000247. The summed E-state index contributed by atoms with van der Waals surface area (Å²) in [7, 11) is 0. The summed E-state index contributed by atoms with van der Waals surface area (Å²) in [6, 6.07) is 46.9. The first-order valence-electron chi connectivity index (χ1n) is 19.5. The molecule has 0 aromatic heterocycles. The Morgan fingerprint density at radius 2 is 1.32 bits per heavy atom. The minimum absolute atomic E-state index is 0.869. The third-order valence-electron chi connectivity index (χ3n) is 9.50. The van der Waals surface area contributed by atoms with Crippen LogP contribution < -0.4 is 26.6 Å². The lowest BCUT2D eigenvalue weighted by atomic mass is 9.93. The second-order valence-electron chi connectivity index (χ2n) is 13.4. The average Bonchev–Trinajstić information content (AvgIpc) is 3.25. The molecule has 0 saturated carbocycles. The molecule has 1 heterocycles. The zero-order valence-corrected chi connectivity index (χ0v) is 34.5. The van der Waals surface area contributed by atoms with E-state index in [4.69, 9.17) is 5.73 Å². The molecule has 0 amide bonds. The van der Waals surface area contributed by atoms with Crippen LogP contribution in [0, 0.1) is 6.92 Å². The minimum atomic E-state index is 0.869. The highest BCUT2D eigenvalue weighted by Gasteiger charge is 2.12. The minimum Gasteiger partial charge on any atom is -0.399 e. The Bertz CT molecular complexity index is 2510. The van der Waals surface area contributed by atoms with Gasteiger partial charge in [0, 0.05) is 15.8 Å². The lowest BCUT2D eigenvalue weighted by Gasteiger charge is -2.14. The smallest absolute Gasteiger partial charge is 0.0346 e. The van der Waals surface area contributed by atoms with Gasteiger partial charge >= 0.3 is 0 Å². The van der Waals surface area contributed by atoms with Gasteiger partial charge in [-0.05, 0) is 110 Å². The van der Waals surface area contributed by atoms with Crippen molar-refractivity contribution in [3.05, 3.63) is 220 Å². The van der Waals surface area contributed by atoms with E-state index in [1.165, 1.54) is 79.1 Å². The van der Waals surface area contributed by atoms with E-state index in [0.29, 0.717) is 0 Å². The number of hydrogen-bond donors (Lipinski definition) is 1. The molecule has 6 aromatic carbocycles. The van der Waals surface area contributed by atoms with E-state index >= 15 is 0 Å². The molecule has 0 fully saturated rings. The van der Waals surface area contributed by atoms with E-state index in [1.54, 1.807) is 11.8 Å². The van der Waals surface area contributed by atoms with Gasteiger partial charge in [-0.1, -0.05) is 196 Å². The summed E-state index contributed by atoms with van der Waals surface area (Å²) in [6.45, 7) is 23.3. The van der Waals surface area contributed by atoms with Gasteiger partial charge < -0.3 is 5.73 Å². The number of hydrogen-bond acceptors (Lipinski definition) is 2. The van der Waals surface area contributed by atoms with Gasteiger partial charge in [0.1, 0.15) is 0 Å². The van der Waals surface area contributed by atoms with E-state index in [9.17, 15) is 0 Å². The summed E-state index contributed by atoms with van der Waals surface area (Å²) in [5, 5.41) is 9.33. The molecule has 284 valence electrons. The molecule has 6 aromatic rings. The van der Waals surface area contributed by atoms with E-state index in [2.05, 4.69) is 175 Å². The van der Waals surface area contributed by atoms with Crippen LogP contribution in [0.15, 0.2) is 177 Å². The van der Waals surface area contributed by atoms with Crippen LogP contribution in [-0.2, 0) is 6.42 Å². The van der Waals surface area contributed by atoms with Crippen LogP contribution in [0.3, 0.4) is 0 Å². The van der Waals surface area contributed by atoms with Crippen LogP contribution >= 0.6 is 11.8 Å². The van der Waals surface area contributed by atoms with Crippen molar-refractivity contribution >= 4 is 51.4 Å². The van der Waals surface area contributed by atoms with Crippen molar-refractivity contribution in [1.82, 2.24) is 0 Å². The van der Waals surface area contributed by atoms with Crippen molar-refractivity contribution in [2.75, 3.05) is 0 Å². The Hall–Kier alpha value is -5.83. The molecule has 56 heavy (non-hydrogen) atoms. The summed E-state index contributed by atoms with van der Waals surface area (Å²) in [5.74, 6) is 0. The molecular formula is C54H57NS. The zero-order valence-electron chi connectivity index (χ0n) is 33.7. The normalized spacial score (nSPS) is 14.7. The fourth-order valence-electron chi connectivity index (χ4n) is 6.80. The molecule has 0 unspecified atom stereocenters. The predicted molar refractivity (Wildman–Crippen MR) is 253 cm³/mol. The second kappa shape index (κ2) is 22.5. The van der Waals surface area contributed by atoms with E-state index in [0.717, 1.165) is 27.8 Å². The highest BCUT2D eigenvalue weighted by atomic mass is 32.2. The third kappa shape index (κ3) is 11.1. The number of benzene rings is 6. The Morgan fingerprint density at radius 1 is 0.714 bits per heavy atom. The molecule has 1 nitrogen and oxygen atoms in total. The quantitative estimate of drug-likeness (QED) is 0.157. The van der Waals surface area contributed by atoms with Gasteiger partial charge in [-0.25, -0.2) is 0 Å². The molecule has 0 radical (unpaired) electrons. The second-order valence-corrected chi connectivity index (χ2v) is 14.3. The van der Waals surface area contributed by atoms with E-state index in [-0.39, 0.29) is 0 Å². The third-order valence-corrected chi connectivity index (χ3v) is 10.4. The number of nitrogens with two attached hydrogens (primary N) is 1. The highest BCUT2D eigenvalue weighted by molar-refractivity contribution is 8.10. The number of thioether (sulfide) groups is 1. The summed E-state index contributed by atoms with van der Waals surface area (Å²) < 4.78 is 0. The first-order chi connectivity index (χ1) is 27.4. The number of unbranched alkanes of at least 4 members (excludes halogenated alkanes) is 1. The van der Waals surface area contributed by atoms with Crippen molar-refractivity contribution < 1.29 is 0 Å². The van der Waals surface area contributed by atoms with Crippen LogP contribution in [0.25, 0.3) is 50.7 Å². The molecule has 0 saturated heterocycles. The lowest BCUT2D eigenvalue weighted by molar-refractivity contribution is 0.795. The molecule has 2 heteroatoms. The van der Waals surface area contributed by atoms with Crippen molar-refractivity contribution in [2.24, 2.45) is 5.73 Å². The summed E-state index contributed by atoms with van der Waals surface area (Å²) in [6.07, 6.45) is 13.2. The zero-order chi connectivity index (χ0) is 40.3. The van der Waals surface area contributed by atoms with Gasteiger partial charge in [0.05, 0.1) is 0 Å². The monoisotopic (exact) mass is 751 g/mol. The van der Waals surface area contributed by atoms with Gasteiger partial charge in [-0.3, -0.25) is 0 Å². The van der Waals surface area contributed by atoms with Gasteiger partial charge in [-0.2, -0.15) is 0 Å². The van der Waals surface area contributed by atoms with Crippen LogP contribution in [0.1, 0.15) is 62.3 Å². The number of aryl methyl sites for hydroxylation is 2. The standard InChI is InChI=1S/C32H26S.C10H13N.C10H14.C2H4/c1-5-26-28-15-7-8-16-29(28)31-22(4)32(26)30(6-2)33-18-17-27(31)25-14-10-13-24(20-25)23-12-9-11-21(3)19-23;1-2-6-10(11)9-7-4-3-5-8-9;1-2-3-7-10-8-5-4-6-9-10;1-2/h5-20H,2,4H2,1,3H3;3-8H,2,11H2,1H3;4-6,8-9H,2-3,7H2,1H3;1-2H2/b18-17-,26-5-,31-27-,32-30+;10-6+;;. The van der Waals surface area contributed by atoms with Gasteiger partial charge in [0.15, 0.2) is 0 Å². The van der Waals surface area contributed by atoms with E-state index < -0.39 is 0 Å². The SMILES string of the molecule is C=C.C=C/C1=c2/c(=C)/c(c3ccccc3/c2=C/C)=C(c2cccc(-c3cccc(C)c3)c2)\C=C/S1.CC/C=C(/N)c1ccccc1.CCCCc1ccccc1. The van der Waals surface area contributed by atoms with Crippen LogP contribution in [0.4, 0.5) is 0 Å². The molecular weight excluding hydrogens is 695 g/mol. The number of fused-ring (bicyclic) bond motifs is 4. The van der Waals surface area contributed by atoms with Crippen molar-refractivity contribution in [3.8, 4) is 11.1 Å². The Kier molecular flexibility index (Phi) is 17.3. The van der Waals surface area contributed by atoms with Crippen molar-refractivity contribution in [1.29, 1.82) is 0 Å². The first-order valence-corrected chi connectivity index (χ1v) is 20.4. The molecule has 2 N–H and O–H groups in total. The molecule has 0 atom stereocenters. The maximum Gasteiger partial charge on any atom is 0.0346 e. The molecule has 2 bridgehead atoms. The topological polar surface area (TPSA) is 26.0 Å². The van der Waals surface area contributed by atoms with Crippen molar-refractivity contribution in [3.63, 3.8) is 0 Å². The molecule has 0 spiro atoms. The number of allylic oxidation sites excluding steroid dienone is 2. The maximum absolute atomic E-state index is 5.77. The highest BCUT2D eigenvalue weighted by Crippen LogP contribution is 2.27.